The molecule has 0 heterocycles. The van der Waals surface area contributed by atoms with Crippen molar-refractivity contribution in [3.63, 3.8) is 0 Å². The molecule has 0 atom stereocenters. The monoisotopic (exact) mass is 538 g/mol. The zero-order valence-corrected chi connectivity index (χ0v) is 20.6. The van der Waals surface area contributed by atoms with Gasteiger partial charge in [0.05, 0.1) is 10.9 Å². The Kier molecular flexibility index (Phi) is 8.55. The molecule has 4 aromatic rings. The van der Waals surface area contributed by atoms with Gasteiger partial charge in [-0.2, -0.15) is 0 Å². The molecule has 0 fully saturated rings. The van der Waals surface area contributed by atoms with Crippen molar-refractivity contribution in [1.82, 2.24) is 0 Å². The lowest BCUT2D eigenvalue weighted by atomic mass is 10.2. The largest absolute Gasteiger partial charge is 0.744 e. The van der Waals surface area contributed by atoms with Crippen molar-refractivity contribution in [2.24, 2.45) is 0 Å². The van der Waals surface area contributed by atoms with E-state index in [4.69, 9.17) is 0 Å². The lowest BCUT2D eigenvalue weighted by Gasteiger charge is -2.10. The van der Waals surface area contributed by atoms with E-state index in [1.54, 1.807) is 0 Å². The van der Waals surface area contributed by atoms with Crippen molar-refractivity contribution in [2.75, 3.05) is 0 Å². The molecule has 0 aliphatic rings. The number of halogens is 5. The summed E-state index contributed by atoms with van der Waals surface area (Å²) in [7, 11) is -5.81. The van der Waals surface area contributed by atoms with E-state index in [1.807, 2.05) is 0 Å². The van der Waals surface area contributed by atoms with Crippen LogP contribution in [0.15, 0.2) is 98.4 Å². The van der Waals surface area contributed by atoms with Gasteiger partial charge in [-0.1, -0.05) is 42.5 Å². The van der Waals surface area contributed by atoms with Crippen LogP contribution in [0.2, 0.25) is 0 Å². The topological polar surface area (TPSA) is 57.2 Å². The first-order chi connectivity index (χ1) is 16.9. The van der Waals surface area contributed by atoms with Crippen LogP contribution in [0, 0.1) is 42.9 Å². The summed E-state index contributed by atoms with van der Waals surface area (Å²) in [5.74, 6) is -12.8. The molecule has 4 rings (SSSR count). The molecule has 0 saturated heterocycles. The highest BCUT2D eigenvalue weighted by Crippen LogP contribution is 2.32. The Labute approximate surface area is 208 Å². The van der Waals surface area contributed by atoms with Crippen LogP contribution >= 0.6 is 0 Å². The molecule has 0 saturated carbocycles. The minimum Gasteiger partial charge on any atom is -0.744 e. The third-order valence-electron chi connectivity index (χ3n) is 4.81. The molecule has 188 valence electrons. The van der Waals surface area contributed by atoms with Gasteiger partial charge in [0, 0.05) is 0 Å². The zero-order valence-electron chi connectivity index (χ0n) is 18.9. The van der Waals surface area contributed by atoms with Crippen LogP contribution in [0.5, 0.6) is 0 Å². The van der Waals surface area contributed by atoms with Crippen LogP contribution in [0.25, 0.3) is 0 Å². The van der Waals surface area contributed by atoms with Crippen LogP contribution < -0.4 is 0 Å². The Morgan fingerprint density at radius 3 is 1.31 bits per heavy atom. The maximum atomic E-state index is 12.6. The van der Waals surface area contributed by atoms with Crippen LogP contribution in [0.1, 0.15) is 11.1 Å². The highest BCUT2D eigenvalue weighted by molar-refractivity contribution is 7.97. The summed E-state index contributed by atoms with van der Waals surface area (Å²) in [6, 6.07) is 28.5. The SMILES string of the molecule is Cc1cc(C)cc([S+](c2ccccc2)c2ccccc2)c1.O=S(=O)([O-])c1c(F)c(F)c(F)c(F)c1F. The van der Waals surface area contributed by atoms with Gasteiger partial charge >= 0.3 is 0 Å². The Morgan fingerprint density at radius 2 is 0.944 bits per heavy atom. The molecular formula is C26H19F5O3S2. The number of hydrogen-bond acceptors (Lipinski definition) is 3. The fourth-order valence-corrected chi connectivity index (χ4v) is 6.28. The van der Waals surface area contributed by atoms with Crippen molar-refractivity contribution in [2.45, 2.75) is 33.4 Å². The van der Waals surface area contributed by atoms with Crippen LogP contribution in [-0.4, -0.2) is 13.0 Å². The molecule has 4 aromatic carbocycles. The molecule has 0 aliphatic carbocycles. The highest BCUT2D eigenvalue weighted by Gasteiger charge is 2.29. The maximum Gasteiger partial charge on any atom is 0.200 e. The van der Waals surface area contributed by atoms with Gasteiger partial charge in [0.15, 0.2) is 38.0 Å². The molecule has 0 aliphatic heterocycles. The molecule has 0 N–H and O–H groups in total. The zero-order chi connectivity index (χ0) is 26.6. The van der Waals surface area contributed by atoms with Crippen LogP contribution in [0.3, 0.4) is 0 Å². The van der Waals surface area contributed by atoms with Crippen molar-refractivity contribution < 1.29 is 34.9 Å². The lowest BCUT2D eigenvalue weighted by molar-refractivity contribution is 0.350. The highest BCUT2D eigenvalue weighted by atomic mass is 32.2. The van der Waals surface area contributed by atoms with Crippen molar-refractivity contribution in [3.8, 4) is 0 Å². The molecule has 0 radical (unpaired) electrons. The van der Waals surface area contributed by atoms with E-state index in [9.17, 15) is 34.9 Å². The van der Waals surface area contributed by atoms with Crippen molar-refractivity contribution >= 4 is 21.0 Å². The number of rotatable bonds is 4. The normalized spacial score (nSPS) is 11.2. The van der Waals surface area contributed by atoms with E-state index in [1.165, 1.54) is 25.8 Å². The van der Waals surface area contributed by atoms with Crippen LogP contribution in [-0.2, 0) is 21.0 Å². The van der Waals surface area contributed by atoms with E-state index in [0.717, 1.165) is 0 Å². The van der Waals surface area contributed by atoms with E-state index < -0.39 is 44.1 Å². The molecule has 0 spiro atoms. The molecule has 0 bridgehead atoms. The van der Waals surface area contributed by atoms with Gasteiger partial charge in [0.25, 0.3) is 0 Å². The van der Waals surface area contributed by atoms with Gasteiger partial charge in [-0.25, -0.2) is 30.4 Å². The third kappa shape index (κ3) is 6.13. The Balaban J connectivity index is 0.000000214. The van der Waals surface area contributed by atoms with Gasteiger partial charge in [-0.15, -0.1) is 0 Å². The maximum absolute atomic E-state index is 12.6. The Hall–Kier alpha value is -3.21. The summed E-state index contributed by atoms with van der Waals surface area (Å²) in [5, 5.41) is 0. The molecule has 0 amide bonds. The predicted molar refractivity (Wildman–Crippen MR) is 125 cm³/mol. The minimum absolute atomic E-state index is 0.0352. The van der Waals surface area contributed by atoms with Gasteiger partial charge in [0.1, 0.15) is 15.0 Å². The van der Waals surface area contributed by atoms with Gasteiger partial charge < -0.3 is 4.55 Å². The number of aryl methyl sites for hydroxylation is 2. The summed E-state index contributed by atoms with van der Waals surface area (Å²) in [6.07, 6.45) is 0. The average Bonchev–Trinajstić information content (AvgIpc) is 2.82. The lowest BCUT2D eigenvalue weighted by Crippen LogP contribution is -2.12. The first-order valence-corrected chi connectivity index (χ1v) is 12.9. The molecule has 10 heteroatoms. The molecular weight excluding hydrogens is 519 g/mol. The van der Waals surface area contributed by atoms with Crippen LogP contribution in [0.4, 0.5) is 22.0 Å². The fraction of sp³-hybridized carbons (Fsp3) is 0.0769. The average molecular weight is 539 g/mol. The smallest absolute Gasteiger partial charge is 0.200 e. The second kappa shape index (κ2) is 11.2. The molecule has 3 nitrogen and oxygen atoms in total. The standard InChI is InChI=1S/C20H19S.C6HF5O3S/c1-16-13-17(2)15-20(14-16)21(18-9-5-3-6-10-18)19-11-7-4-8-12-19;7-1-2(8)4(10)6(15(12,13)14)5(11)3(1)9/h3-15H,1-2H3;(H,12,13,14)/q+1;/p-1. The number of hydrogen-bond donors (Lipinski definition) is 0. The van der Waals surface area contributed by atoms with Gasteiger partial charge in [-0.3, -0.25) is 0 Å². The van der Waals surface area contributed by atoms with Crippen molar-refractivity contribution in [3.05, 3.63) is 119 Å². The number of benzene rings is 4. The van der Waals surface area contributed by atoms with E-state index >= 15 is 0 Å². The quantitative estimate of drug-likeness (QED) is 0.0957. The predicted octanol–water partition coefficient (Wildman–Crippen LogP) is 6.69. The first kappa shape index (κ1) is 27.4. The molecule has 36 heavy (non-hydrogen) atoms. The summed E-state index contributed by atoms with van der Waals surface area (Å²) in [4.78, 5) is 1.76. The fourth-order valence-electron chi connectivity index (χ4n) is 3.38. The van der Waals surface area contributed by atoms with E-state index in [0.29, 0.717) is 0 Å². The summed E-state index contributed by atoms with van der Waals surface area (Å²) in [5.41, 5.74) is 2.66. The second-order valence-electron chi connectivity index (χ2n) is 7.61. The molecule has 0 unspecified atom stereocenters. The van der Waals surface area contributed by atoms with Gasteiger partial charge in [0.2, 0.25) is 5.82 Å². The summed E-state index contributed by atoms with van der Waals surface area (Å²) < 4.78 is 92.9. The summed E-state index contributed by atoms with van der Waals surface area (Å²) in [6.45, 7) is 4.35. The Morgan fingerprint density at radius 1 is 0.583 bits per heavy atom. The van der Waals surface area contributed by atoms with E-state index in [-0.39, 0.29) is 10.9 Å². The van der Waals surface area contributed by atoms with Crippen molar-refractivity contribution in [1.29, 1.82) is 0 Å². The molecule has 0 aromatic heterocycles. The van der Waals surface area contributed by atoms with E-state index in [2.05, 4.69) is 92.7 Å². The summed E-state index contributed by atoms with van der Waals surface area (Å²) >= 11 is 0. The third-order valence-corrected chi connectivity index (χ3v) is 7.86. The first-order valence-electron chi connectivity index (χ1n) is 10.3. The minimum atomic E-state index is -5.77. The Bertz CT molecular complexity index is 1390. The van der Waals surface area contributed by atoms with Gasteiger partial charge in [-0.05, 0) is 61.4 Å². The second-order valence-corrected chi connectivity index (χ2v) is 11.0.